The molecule has 0 aromatic carbocycles. The van der Waals surface area contributed by atoms with Gasteiger partial charge in [-0.3, -0.25) is 4.79 Å². The highest BCUT2D eigenvalue weighted by Crippen LogP contribution is 2.00. The van der Waals surface area contributed by atoms with E-state index in [1.165, 1.54) is 6.20 Å². The van der Waals surface area contributed by atoms with Crippen LogP contribution < -0.4 is 5.73 Å². The first-order chi connectivity index (χ1) is 4.74. The molecule has 0 atom stereocenters. The highest BCUT2D eigenvalue weighted by molar-refractivity contribution is 5.93. The quantitative estimate of drug-likeness (QED) is 0.592. The molecule has 1 rings (SSSR count). The lowest BCUT2D eigenvalue weighted by atomic mass is 10.4. The van der Waals surface area contributed by atoms with Crippen molar-refractivity contribution in [1.82, 2.24) is 4.98 Å². The second kappa shape index (κ2) is 2.62. The van der Waals surface area contributed by atoms with E-state index in [0.717, 1.165) is 0 Å². The van der Waals surface area contributed by atoms with Crippen LogP contribution in [0.4, 0.5) is 0 Å². The summed E-state index contributed by atoms with van der Waals surface area (Å²) in [5.41, 5.74) is 5.06. The van der Waals surface area contributed by atoms with Crippen molar-refractivity contribution in [3.8, 4) is 0 Å². The number of ketones is 1. The number of oxazole rings is 1. The number of nitrogens with two attached hydrogens (primary N) is 1. The molecule has 4 heteroatoms. The van der Waals surface area contributed by atoms with Crippen LogP contribution in [-0.4, -0.2) is 17.3 Å². The summed E-state index contributed by atoms with van der Waals surface area (Å²) in [6.07, 6.45) is 1.49. The molecule has 0 radical (unpaired) electrons. The largest absolute Gasteiger partial charge is 0.439 e. The minimum atomic E-state index is -0.270. The van der Waals surface area contributed by atoms with Crippen molar-refractivity contribution in [2.45, 2.75) is 6.92 Å². The monoisotopic (exact) mass is 140 g/mol. The van der Waals surface area contributed by atoms with Gasteiger partial charge in [0, 0.05) is 0 Å². The molecule has 1 heterocycles. The first kappa shape index (κ1) is 6.95. The van der Waals surface area contributed by atoms with Gasteiger partial charge in [-0.15, -0.1) is 0 Å². The molecule has 0 bridgehead atoms. The van der Waals surface area contributed by atoms with Gasteiger partial charge in [0.2, 0.25) is 5.78 Å². The maximum atomic E-state index is 10.7. The number of aryl methyl sites for hydroxylation is 1. The molecule has 0 aliphatic carbocycles. The minimum Gasteiger partial charge on any atom is -0.439 e. The summed E-state index contributed by atoms with van der Waals surface area (Å²) < 4.78 is 4.90. The molecule has 1 aromatic rings. The molecule has 2 N–H and O–H groups in total. The summed E-state index contributed by atoms with van der Waals surface area (Å²) in [6.45, 7) is 1.67. The molecule has 0 aliphatic rings. The fraction of sp³-hybridized carbons (Fsp3) is 0.333. The van der Waals surface area contributed by atoms with Gasteiger partial charge >= 0.3 is 0 Å². The van der Waals surface area contributed by atoms with Gasteiger partial charge in [0.15, 0.2) is 0 Å². The Morgan fingerprint density at radius 2 is 2.60 bits per heavy atom. The zero-order chi connectivity index (χ0) is 7.56. The summed E-state index contributed by atoms with van der Waals surface area (Å²) in [7, 11) is 0. The topological polar surface area (TPSA) is 69.1 Å². The van der Waals surface area contributed by atoms with Crippen molar-refractivity contribution in [3.05, 3.63) is 17.8 Å². The average molecular weight is 140 g/mol. The molecule has 1 aromatic heterocycles. The Morgan fingerprint density at radius 3 is 3.00 bits per heavy atom. The van der Waals surface area contributed by atoms with E-state index in [-0.39, 0.29) is 18.2 Å². The standard InChI is InChI=1S/C6H8N2O2/c1-4-3-8-6(10-4)5(9)2-7/h3H,2,7H2,1H3. The molecule has 0 saturated heterocycles. The normalized spacial score (nSPS) is 9.80. The Morgan fingerprint density at radius 1 is 1.90 bits per heavy atom. The minimum absolute atomic E-state index is 0.0556. The van der Waals surface area contributed by atoms with E-state index in [1.54, 1.807) is 6.92 Å². The van der Waals surface area contributed by atoms with E-state index >= 15 is 0 Å². The number of carbonyl (C=O) groups is 1. The highest BCUT2D eigenvalue weighted by atomic mass is 16.4. The molecule has 0 fully saturated rings. The Labute approximate surface area is 58.0 Å². The second-order valence-electron chi connectivity index (χ2n) is 1.90. The van der Waals surface area contributed by atoms with Gasteiger partial charge < -0.3 is 10.2 Å². The molecular weight excluding hydrogens is 132 g/mol. The van der Waals surface area contributed by atoms with Gasteiger partial charge in [0.05, 0.1) is 12.7 Å². The average Bonchev–Trinajstić information content (AvgIpc) is 2.34. The number of Topliss-reactive ketones (excluding diaryl/α,β-unsaturated/α-hetero) is 1. The molecule has 0 aliphatic heterocycles. The molecular formula is C6H8N2O2. The highest BCUT2D eigenvalue weighted by Gasteiger charge is 2.08. The first-order valence-corrected chi connectivity index (χ1v) is 2.89. The van der Waals surface area contributed by atoms with Gasteiger partial charge in [-0.2, -0.15) is 0 Å². The Hall–Kier alpha value is -1.16. The summed E-state index contributed by atoms with van der Waals surface area (Å²) in [6, 6.07) is 0. The van der Waals surface area contributed by atoms with E-state index in [0.29, 0.717) is 5.76 Å². The summed E-state index contributed by atoms with van der Waals surface area (Å²) in [4.78, 5) is 14.4. The van der Waals surface area contributed by atoms with Crippen molar-refractivity contribution < 1.29 is 9.21 Å². The van der Waals surface area contributed by atoms with Crippen LogP contribution >= 0.6 is 0 Å². The van der Waals surface area contributed by atoms with Gasteiger partial charge in [-0.25, -0.2) is 4.98 Å². The van der Waals surface area contributed by atoms with Crippen molar-refractivity contribution >= 4 is 5.78 Å². The number of hydrogen-bond acceptors (Lipinski definition) is 4. The summed E-state index contributed by atoms with van der Waals surface area (Å²) >= 11 is 0. The van der Waals surface area contributed by atoms with Crippen molar-refractivity contribution in [1.29, 1.82) is 0 Å². The fourth-order valence-electron chi connectivity index (χ4n) is 0.571. The molecule has 0 amide bonds. The van der Waals surface area contributed by atoms with E-state index in [9.17, 15) is 4.79 Å². The zero-order valence-electron chi connectivity index (χ0n) is 5.63. The van der Waals surface area contributed by atoms with Crippen LogP contribution in [0.5, 0.6) is 0 Å². The predicted octanol–water partition coefficient (Wildman–Crippen LogP) is 0.124. The number of rotatable bonds is 2. The fourth-order valence-corrected chi connectivity index (χ4v) is 0.571. The second-order valence-corrected chi connectivity index (χ2v) is 1.90. The predicted molar refractivity (Wildman–Crippen MR) is 34.6 cm³/mol. The van der Waals surface area contributed by atoms with Crippen LogP contribution in [0.25, 0.3) is 0 Å². The number of aromatic nitrogens is 1. The molecule has 4 nitrogen and oxygen atoms in total. The number of carbonyl (C=O) groups excluding carboxylic acids is 1. The maximum absolute atomic E-state index is 10.7. The summed E-state index contributed by atoms with van der Waals surface area (Å²) in [5, 5.41) is 0. The summed E-state index contributed by atoms with van der Waals surface area (Å²) in [5.74, 6) is 0.449. The molecule has 0 saturated carbocycles. The van der Waals surface area contributed by atoms with Gasteiger partial charge in [-0.05, 0) is 6.92 Å². The molecule has 10 heavy (non-hydrogen) atoms. The third kappa shape index (κ3) is 1.22. The Kier molecular flexibility index (Phi) is 1.82. The van der Waals surface area contributed by atoms with E-state index < -0.39 is 0 Å². The lowest BCUT2D eigenvalue weighted by Crippen LogP contribution is -2.13. The Bertz CT molecular complexity index is 242. The van der Waals surface area contributed by atoms with Crippen molar-refractivity contribution in [2.24, 2.45) is 5.73 Å². The van der Waals surface area contributed by atoms with Crippen LogP contribution in [0.2, 0.25) is 0 Å². The van der Waals surface area contributed by atoms with Crippen LogP contribution in [-0.2, 0) is 0 Å². The van der Waals surface area contributed by atoms with Crippen molar-refractivity contribution in [2.75, 3.05) is 6.54 Å². The third-order valence-corrected chi connectivity index (χ3v) is 1.05. The number of nitrogens with zero attached hydrogens (tertiary/aromatic N) is 1. The van der Waals surface area contributed by atoms with Gasteiger partial charge in [0.25, 0.3) is 5.89 Å². The lowest BCUT2D eigenvalue weighted by Gasteiger charge is -1.86. The lowest BCUT2D eigenvalue weighted by molar-refractivity contribution is 0.0967. The van der Waals surface area contributed by atoms with Gasteiger partial charge in [0.1, 0.15) is 5.76 Å². The smallest absolute Gasteiger partial charge is 0.264 e. The van der Waals surface area contributed by atoms with E-state index in [4.69, 9.17) is 10.2 Å². The SMILES string of the molecule is Cc1cnc(C(=O)CN)o1. The van der Waals surface area contributed by atoms with E-state index in [2.05, 4.69) is 4.98 Å². The van der Waals surface area contributed by atoms with Gasteiger partial charge in [-0.1, -0.05) is 0 Å². The third-order valence-electron chi connectivity index (χ3n) is 1.05. The maximum Gasteiger partial charge on any atom is 0.264 e. The van der Waals surface area contributed by atoms with Crippen LogP contribution in [0.1, 0.15) is 16.4 Å². The first-order valence-electron chi connectivity index (χ1n) is 2.89. The van der Waals surface area contributed by atoms with Crippen molar-refractivity contribution in [3.63, 3.8) is 0 Å². The van der Waals surface area contributed by atoms with E-state index in [1.807, 2.05) is 0 Å². The molecule has 54 valence electrons. The van der Waals surface area contributed by atoms with Crippen LogP contribution in [0.15, 0.2) is 10.6 Å². The number of hydrogen-bond donors (Lipinski definition) is 1. The molecule has 0 spiro atoms. The van der Waals surface area contributed by atoms with Crippen LogP contribution in [0, 0.1) is 6.92 Å². The van der Waals surface area contributed by atoms with Crippen LogP contribution in [0.3, 0.4) is 0 Å². The molecule has 0 unspecified atom stereocenters. The zero-order valence-corrected chi connectivity index (χ0v) is 5.63. The Balaban J connectivity index is 2.85.